The quantitative estimate of drug-likeness (QED) is 0.407. The number of alkyl halides is 1. The zero-order valence-corrected chi connectivity index (χ0v) is 12.7. The minimum atomic E-state index is -0.857. The Bertz CT molecular complexity index is 358. The molecule has 0 spiro atoms. The number of hydrogen-bond acceptors (Lipinski definition) is 1. The second-order valence-electron chi connectivity index (χ2n) is 4.59. The Kier molecular flexibility index (Phi) is 8.80. The van der Waals surface area contributed by atoms with Crippen molar-refractivity contribution in [3.05, 3.63) is 29.8 Å². The number of hydrogen-bond donors (Lipinski definition) is 0. The number of ether oxygens (including phenoxy) is 1. The molecule has 4 heteroatoms. The number of benzene rings is 1. The Morgan fingerprint density at radius 1 is 0.842 bits per heavy atom. The van der Waals surface area contributed by atoms with E-state index in [1.807, 2.05) is 0 Å². The molecule has 0 aliphatic rings. The number of halogens is 3. The number of unbranched alkanes of at least 4 members (excludes halogenated alkanes) is 6. The van der Waals surface area contributed by atoms with Gasteiger partial charge in [0.2, 0.25) is 0 Å². The smallest absolute Gasteiger partial charge is 0.162 e. The van der Waals surface area contributed by atoms with Gasteiger partial charge in [-0.05, 0) is 25.0 Å². The van der Waals surface area contributed by atoms with Gasteiger partial charge in [-0.2, -0.15) is 0 Å². The average molecular weight is 335 g/mol. The van der Waals surface area contributed by atoms with Gasteiger partial charge in [0.1, 0.15) is 5.75 Å². The molecule has 0 radical (unpaired) electrons. The zero-order chi connectivity index (χ0) is 13.9. The molecule has 1 aromatic carbocycles. The van der Waals surface area contributed by atoms with Crippen molar-refractivity contribution in [1.29, 1.82) is 0 Å². The van der Waals surface area contributed by atoms with Gasteiger partial charge in [-0.1, -0.05) is 48.0 Å². The largest absolute Gasteiger partial charge is 0.493 e. The van der Waals surface area contributed by atoms with Crippen LogP contribution in [0.1, 0.15) is 44.9 Å². The van der Waals surface area contributed by atoms with Crippen molar-refractivity contribution in [2.75, 3.05) is 11.9 Å². The molecule has 0 unspecified atom stereocenters. The maximum absolute atomic E-state index is 12.9. The summed E-state index contributed by atoms with van der Waals surface area (Å²) < 4.78 is 31.0. The third-order valence-corrected chi connectivity index (χ3v) is 3.50. The van der Waals surface area contributed by atoms with Crippen molar-refractivity contribution in [1.82, 2.24) is 0 Å². The molecule has 0 aliphatic heterocycles. The van der Waals surface area contributed by atoms with E-state index in [1.165, 1.54) is 38.2 Å². The van der Waals surface area contributed by atoms with E-state index >= 15 is 0 Å². The Balaban J connectivity index is 2.00. The molecule has 1 nitrogen and oxygen atoms in total. The summed E-state index contributed by atoms with van der Waals surface area (Å²) in [5, 5.41) is 1.09. The molecule has 19 heavy (non-hydrogen) atoms. The van der Waals surface area contributed by atoms with E-state index in [2.05, 4.69) is 15.9 Å². The third kappa shape index (κ3) is 7.51. The molecule has 0 saturated heterocycles. The highest BCUT2D eigenvalue weighted by molar-refractivity contribution is 9.09. The Hall–Kier alpha value is -0.640. The van der Waals surface area contributed by atoms with Gasteiger partial charge in [-0.3, -0.25) is 0 Å². The van der Waals surface area contributed by atoms with Crippen LogP contribution in [0, 0.1) is 11.6 Å². The van der Waals surface area contributed by atoms with Crippen molar-refractivity contribution in [3.8, 4) is 5.75 Å². The zero-order valence-electron chi connectivity index (χ0n) is 11.1. The Labute approximate surface area is 122 Å². The van der Waals surface area contributed by atoms with E-state index in [9.17, 15) is 8.78 Å². The highest BCUT2D eigenvalue weighted by atomic mass is 79.9. The van der Waals surface area contributed by atoms with Crippen LogP contribution in [0.25, 0.3) is 0 Å². The lowest BCUT2D eigenvalue weighted by Gasteiger charge is -2.06. The highest BCUT2D eigenvalue weighted by Gasteiger charge is 2.02. The molecule has 0 bridgehead atoms. The van der Waals surface area contributed by atoms with E-state index in [1.54, 1.807) is 0 Å². The monoisotopic (exact) mass is 334 g/mol. The minimum Gasteiger partial charge on any atom is -0.493 e. The van der Waals surface area contributed by atoms with Crippen molar-refractivity contribution < 1.29 is 13.5 Å². The van der Waals surface area contributed by atoms with Crippen molar-refractivity contribution in [3.63, 3.8) is 0 Å². The Morgan fingerprint density at radius 3 is 2.11 bits per heavy atom. The normalized spacial score (nSPS) is 10.7. The van der Waals surface area contributed by atoms with Crippen LogP contribution in [-0.4, -0.2) is 11.9 Å². The fourth-order valence-electron chi connectivity index (χ4n) is 1.84. The lowest BCUT2D eigenvalue weighted by atomic mass is 10.1. The summed E-state index contributed by atoms with van der Waals surface area (Å²) >= 11 is 3.42. The molecule has 108 valence electrons. The van der Waals surface area contributed by atoms with Gasteiger partial charge in [0.05, 0.1) is 6.61 Å². The van der Waals surface area contributed by atoms with Crippen molar-refractivity contribution in [2.24, 2.45) is 0 Å². The van der Waals surface area contributed by atoms with Crippen LogP contribution in [0.5, 0.6) is 5.75 Å². The Morgan fingerprint density at radius 2 is 1.47 bits per heavy atom. The van der Waals surface area contributed by atoms with Gasteiger partial charge >= 0.3 is 0 Å². The summed E-state index contributed by atoms with van der Waals surface area (Å²) in [7, 11) is 0. The maximum Gasteiger partial charge on any atom is 0.162 e. The SMILES string of the molecule is Fc1ccc(OCCCCCCCCCBr)cc1F. The van der Waals surface area contributed by atoms with E-state index in [-0.39, 0.29) is 0 Å². The summed E-state index contributed by atoms with van der Waals surface area (Å²) in [5.74, 6) is -1.30. The summed E-state index contributed by atoms with van der Waals surface area (Å²) in [6.07, 6.45) is 8.38. The lowest BCUT2D eigenvalue weighted by Crippen LogP contribution is -1.98. The summed E-state index contributed by atoms with van der Waals surface area (Å²) in [6.45, 7) is 0.562. The molecule has 0 amide bonds. The standard InChI is InChI=1S/C15H21BrF2O/c16-10-6-4-2-1-3-5-7-11-19-13-8-9-14(17)15(18)12-13/h8-9,12H,1-7,10-11H2. The van der Waals surface area contributed by atoms with Gasteiger partial charge in [0.15, 0.2) is 11.6 Å². The summed E-state index contributed by atoms with van der Waals surface area (Å²) in [5.41, 5.74) is 0. The van der Waals surface area contributed by atoms with Crippen LogP contribution >= 0.6 is 15.9 Å². The van der Waals surface area contributed by atoms with Crippen LogP contribution in [0.2, 0.25) is 0 Å². The predicted octanol–water partition coefficient (Wildman–Crippen LogP) is 5.47. The first kappa shape index (κ1) is 16.4. The van der Waals surface area contributed by atoms with Crippen LogP contribution in [0.4, 0.5) is 8.78 Å². The molecule has 0 aromatic heterocycles. The maximum atomic E-state index is 12.9. The second-order valence-corrected chi connectivity index (χ2v) is 5.38. The first-order valence-electron chi connectivity index (χ1n) is 6.88. The van der Waals surface area contributed by atoms with E-state index in [0.29, 0.717) is 12.4 Å². The van der Waals surface area contributed by atoms with Gasteiger partial charge in [0, 0.05) is 11.4 Å². The minimum absolute atomic E-state index is 0.399. The molecule has 0 aliphatic carbocycles. The van der Waals surface area contributed by atoms with Gasteiger partial charge in [-0.25, -0.2) is 8.78 Å². The molecular weight excluding hydrogens is 314 g/mol. The fourth-order valence-corrected chi connectivity index (χ4v) is 2.23. The molecule has 0 N–H and O–H groups in total. The van der Waals surface area contributed by atoms with Crippen molar-refractivity contribution in [2.45, 2.75) is 44.9 Å². The molecule has 1 aromatic rings. The van der Waals surface area contributed by atoms with Gasteiger partial charge in [-0.15, -0.1) is 0 Å². The highest BCUT2D eigenvalue weighted by Crippen LogP contribution is 2.16. The predicted molar refractivity (Wildman–Crippen MR) is 78.0 cm³/mol. The molecular formula is C15H21BrF2O. The third-order valence-electron chi connectivity index (χ3n) is 2.94. The first-order valence-corrected chi connectivity index (χ1v) is 8.00. The van der Waals surface area contributed by atoms with Crippen LogP contribution in [-0.2, 0) is 0 Å². The second kappa shape index (κ2) is 10.2. The van der Waals surface area contributed by atoms with Gasteiger partial charge in [0.25, 0.3) is 0 Å². The molecule has 0 fully saturated rings. The van der Waals surface area contributed by atoms with E-state index in [0.717, 1.165) is 30.3 Å². The molecule has 1 rings (SSSR count). The molecule has 0 heterocycles. The fraction of sp³-hybridized carbons (Fsp3) is 0.600. The van der Waals surface area contributed by atoms with Crippen LogP contribution in [0.3, 0.4) is 0 Å². The lowest BCUT2D eigenvalue weighted by molar-refractivity contribution is 0.301. The topological polar surface area (TPSA) is 9.23 Å². The van der Waals surface area contributed by atoms with E-state index < -0.39 is 11.6 Å². The van der Waals surface area contributed by atoms with Crippen LogP contribution < -0.4 is 4.74 Å². The van der Waals surface area contributed by atoms with E-state index in [4.69, 9.17) is 4.74 Å². The summed E-state index contributed by atoms with van der Waals surface area (Å²) in [6, 6.07) is 3.64. The average Bonchev–Trinajstić information content (AvgIpc) is 2.41. The molecule has 0 atom stereocenters. The molecule has 0 saturated carbocycles. The first-order chi connectivity index (χ1) is 9.24. The van der Waals surface area contributed by atoms with Gasteiger partial charge < -0.3 is 4.74 Å². The number of rotatable bonds is 10. The summed E-state index contributed by atoms with van der Waals surface area (Å²) in [4.78, 5) is 0. The van der Waals surface area contributed by atoms with Crippen LogP contribution in [0.15, 0.2) is 18.2 Å². The van der Waals surface area contributed by atoms with Crippen molar-refractivity contribution >= 4 is 15.9 Å².